The summed E-state index contributed by atoms with van der Waals surface area (Å²) in [5.41, 5.74) is 0. The van der Waals surface area contributed by atoms with Crippen LogP contribution in [0.15, 0.2) is 0 Å². The van der Waals surface area contributed by atoms with Gasteiger partial charge in [0, 0.05) is 12.3 Å². The van der Waals surface area contributed by atoms with Gasteiger partial charge >= 0.3 is 0 Å². The molecule has 100 valence electrons. The van der Waals surface area contributed by atoms with Crippen molar-refractivity contribution in [2.45, 2.75) is 57.8 Å². The lowest BCUT2D eigenvalue weighted by molar-refractivity contribution is 0.345. The second-order valence-corrected chi connectivity index (χ2v) is 7.08. The molecule has 0 amide bonds. The highest BCUT2D eigenvalue weighted by atomic mass is 32.2. The van der Waals surface area contributed by atoms with Crippen molar-refractivity contribution in [1.29, 1.82) is 0 Å². The summed E-state index contributed by atoms with van der Waals surface area (Å²) in [6, 6.07) is 0. The molecule has 2 aliphatic rings. The number of nitrogens with one attached hydrogen (secondary N) is 1. The largest absolute Gasteiger partial charge is 0.316 e. The summed E-state index contributed by atoms with van der Waals surface area (Å²) in [6.07, 6.45) is 13.4. The number of rotatable bonds is 7. The van der Waals surface area contributed by atoms with Gasteiger partial charge < -0.3 is 5.32 Å². The van der Waals surface area contributed by atoms with E-state index in [2.05, 4.69) is 17.1 Å². The van der Waals surface area contributed by atoms with Crippen LogP contribution >= 0.6 is 11.8 Å². The molecule has 0 atom stereocenters. The van der Waals surface area contributed by atoms with Gasteiger partial charge in [-0.25, -0.2) is 0 Å². The van der Waals surface area contributed by atoms with Gasteiger partial charge in [-0.2, -0.15) is 11.8 Å². The van der Waals surface area contributed by atoms with Crippen molar-refractivity contribution in [3.8, 4) is 0 Å². The molecule has 0 heterocycles. The van der Waals surface area contributed by atoms with E-state index in [1.807, 2.05) is 0 Å². The Morgan fingerprint density at radius 2 is 1.47 bits per heavy atom. The van der Waals surface area contributed by atoms with Gasteiger partial charge in [-0.05, 0) is 49.8 Å². The molecule has 2 fully saturated rings. The van der Waals surface area contributed by atoms with Crippen molar-refractivity contribution >= 4 is 11.8 Å². The molecular formula is C15H29NS. The zero-order valence-corrected chi connectivity index (χ0v) is 12.1. The monoisotopic (exact) mass is 255 g/mol. The zero-order valence-electron chi connectivity index (χ0n) is 11.3. The SMILES string of the molecule is C1CCC(CNCCSCC2CCCC2)CC1. The lowest BCUT2D eigenvalue weighted by Gasteiger charge is -2.21. The average Bonchev–Trinajstić information content (AvgIpc) is 2.88. The van der Waals surface area contributed by atoms with E-state index in [0.29, 0.717) is 0 Å². The maximum Gasteiger partial charge on any atom is 0.00582 e. The minimum Gasteiger partial charge on any atom is -0.316 e. The highest BCUT2D eigenvalue weighted by Crippen LogP contribution is 2.27. The summed E-state index contributed by atoms with van der Waals surface area (Å²) in [4.78, 5) is 0. The first-order valence-electron chi connectivity index (χ1n) is 7.73. The van der Waals surface area contributed by atoms with Gasteiger partial charge in [0.15, 0.2) is 0 Å². The fourth-order valence-electron chi connectivity index (χ4n) is 3.27. The summed E-state index contributed by atoms with van der Waals surface area (Å²) >= 11 is 2.17. The molecule has 1 N–H and O–H groups in total. The molecule has 0 unspecified atom stereocenters. The predicted molar refractivity (Wildman–Crippen MR) is 78.7 cm³/mol. The van der Waals surface area contributed by atoms with Crippen LogP contribution < -0.4 is 5.32 Å². The van der Waals surface area contributed by atoms with Crippen LogP contribution in [0, 0.1) is 11.8 Å². The van der Waals surface area contributed by atoms with Gasteiger partial charge in [0.05, 0.1) is 0 Å². The van der Waals surface area contributed by atoms with Crippen LogP contribution in [-0.4, -0.2) is 24.6 Å². The minimum atomic E-state index is 0.989. The number of hydrogen-bond acceptors (Lipinski definition) is 2. The Morgan fingerprint density at radius 1 is 0.824 bits per heavy atom. The molecule has 2 rings (SSSR count). The van der Waals surface area contributed by atoms with E-state index < -0.39 is 0 Å². The topological polar surface area (TPSA) is 12.0 Å². The summed E-state index contributed by atoms with van der Waals surface area (Å²) in [6.45, 7) is 2.51. The molecule has 0 radical (unpaired) electrons. The van der Waals surface area contributed by atoms with Crippen molar-refractivity contribution in [1.82, 2.24) is 5.32 Å². The summed E-state index contributed by atoms with van der Waals surface area (Å²) < 4.78 is 0. The van der Waals surface area contributed by atoms with Crippen LogP contribution in [0.4, 0.5) is 0 Å². The minimum absolute atomic E-state index is 0.989. The Kier molecular flexibility index (Phi) is 6.80. The van der Waals surface area contributed by atoms with Gasteiger partial charge in [0.2, 0.25) is 0 Å². The maximum atomic E-state index is 3.66. The lowest BCUT2D eigenvalue weighted by Crippen LogP contribution is -2.26. The molecule has 0 saturated heterocycles. The number of thioether (sulfide) groups is 1. The van der Waals surface area contributed by atoms with E-state index in [9.17, 15) is 0 Å². The van der Waals surface area contributed by atoms with Gasteiger partial charge in [0.1, 0.15) is 0 Å². The highest BCUT2D eigenvalue weighted by Gasteiger charge is 2.14. The van der Waals surface area contributed by atoms with Crippen LogP contribution in [0.3, 0.4) is 0 Å². The molecule has 0 aromatic heterocycles. The Labute approximate surface area is 112 Å². The Balaban J connectivity index is 1.38. The molecule has 0 spiro atoms. The second-order valence-electron chi connectivity index (χ2n) is 5.93. The standard InChI is InChI=1S/C15H29NS/c1-2-6-14(7-3-1)12-16-10-11-17-13-15-8-4-5-9-15/h14-16H,1-13H2. The summed E-state index contributed by atoms with van der Waals surface area (Å²) in [7, 11) is 0. The first-order valence-corrected chi connectivity index (χ1v) is 8.89. The number of hydrogen-bond donors (Lipinski definition) is 1. The summed E-state index contributed by atoms with van der Waals surface area (Å²) in [5, 5.41) is 3.66. The fourth-order valence-corrected chi connectivity index (χ4v) is 4.39. The second kappa shape index (κ2) is 8.42. The average molecular weight is 255 g/mol. The molecule has 0 aliphatic heterocycles. The van der Waals surface area contributed by atoms with Gasteiger partial charge in [-0.1, -0.05) is 32.1 Å². The van der Waals surface area contributed by atoms with E-state index in [-0.39, 0.29) is 0 Å². The van der Waals surface area contributed by atoms with E-state index in [4.69, 9.17) is 0 Å². The van der Waals surface area contributed by atoms with Gasteiger partial charge in [-0.3, -0.25) is 0 Å². The van der Waals surface area contributed by atoms with Crippen LogP contribution in [0.1, 0.15) is 57.8 Å². The third-order valence-electron chi connectivity index (χ3n) is 4.41. The molecule has 2 heteroatoms. The molecule has 0 aromatic rings. The molecule has 2 aliphatic carbocycles. The highest BCUT2D eigenvalue weighted by molar-refractivity contribution is 7.99. The zero-order chi connectivity index (χ0) is 11.8. The normalized spacial score (nSPS) is 23.3. The quantitative estimate of drug-likeness (QED) is 0.688. The Hall–Kier alpha value is 0.310. The Bertz CT molecular complexity index is 183. The first-order chi connectivity index (χ1) is 8.45. The summed E-state index contributed by atoms with van der Waals surface area (Å²) in [5.74, 6) is 4.79. The van der Waals surface area contributed by atoms with Crippen LogP contribution in [0.5, 0.6) is 0 Å². The van der Waals surface area contributed by atoms with Crippen molar-refractivity contribution < 1.29 is 0 Å². The van der Waals surface area contributed by atoms with E-state index in [1.54, 1.807) is 0 Å². The molecular weight excluding hydrogens is 226 g/mol. The van der Waals surface area contributed by atoms with Gasteiger partial charge in [-0.15, -0.1) is 0 Å². The molecule has 1 nitrogen and oxygen atoms in total. The van der Waals surface area contributed by atoms with Crippen molar-refractivity contribution in [2.24, 2.45) is 11.8 Å². The van der Waals surface area contributed by atoms with Crippen LogP contribution in [0.2, 0.25) is 0 Å². The molecule has 17 heavy (non-hydrogen) atoms. The maximum absolute atomic E-state index is 3.66. The van der Waals surface area contributed by atoms with E-state index in [1.165, 1.54) is 82.4 Å². The van der Waals surface area contributed by atoms with Crippen molar-refractivity contribution in [2.75, 3.05) is 24.6 Å². The van der Waals surface area contributed by atoms with E-state index >= 15 is 0 Å². The predicted octanol–water partition coefficient (Wildman–Crippen LogP) is 4.08. The molecule has 0 aromatic carbocycles. The van der Waals surface area contributed by atoms with Crippen LogP contribution in [-0.2, 0) is 0 Å². The first kappa shape index (κ1) is 13.7. The van der Waals surface area contributed by atoms with Crippen LogP contribution in [0.25, 0.3) is 0 Å². The molecule has 2 saturated carbocycles. The van der Waals surface area contributed by atoms with Crippen molar-refractivity contribution in [3.63, 3.8) is 0 Å². The lowest BCUT2D eigenvalue weighted by atomic mass is 9.89. The third-order valence-corrected chi connectivity index (χ3v) is 5.61. The van der Waals surface area contributed by atoms with E-state index in [0.717, 1.165) is 11.8 Å². The van der Waals surface area contributed by atoms with Crippen molar-refractivity contribution in [3.05, 3.63) is 0 Å². The third kappa shape index (κ3) is 5.65. The fraction of sp³-hybridized carbons (Fsp3) is 1.00. The Morgan fingerprint density at radius 3 is 2.24 bits per heavy atom. The molecule has 0 bridgehead atoms. The van der Waals surface area contributed by atoms with Gasteiger partial charge in [0.25, 0.3) is 0 Å². The smallest absolute Gasteiger partial charge is 0.00582 e.